The van der Waals surface area contributed by atoms with Crippen LogP contribution in [0.1, 0.15) is 52.4 Å². The molecule has 0 aliphatic rings. The van der Waals surface area contributed by atoms with Gasteiger partial charge in [0.1, 0.15) is 0 Å². The van der Waals surface area contributed by atoms with Crippen LogP contribution in [0.15, 0.2) is 12.3 Å². The van der Waals surface area contributed by atoms with E-state index in [0.29, 0.717) is 6.42 Å². The van der Waals surface area contributed by atoms with Gasteiger partial charge in [-0.2, -0.15) is 0 Å². The Balaban J connectivity index is 3.12. The summed E-state index contributed by atoms with van der Waals surface area (Å²) in [5.74, 6) is 0. The second kappa shape index (κ2) is 9.59. The summed E-state index contributed by atoms with van der Waals surface area (Å²) in [6.45, 7) is 4.09. The number of unbranched alkanes of at least 4 members (excludes halogenated alkanes) is 4. The topological polar surface area (TPSA) is 29.5 Å². The van der Waals surface area contributed by atoms with Crippen molar-refractivity contribution in [3.05, 3.63) is 12.3 Å². The Morgan fingerprint density at radius 2 is 2.00 bits per heavy atom. The molecule has 0 aromatic heterocycles. The van der Waals surface area contributed by atoms with Crippen LogP contribution in [0.3, 0.4) is 0 Å². The van der Waals surface area contributed by atoms with E-state index in [1.165, 1.54) is 25.7 Å². The van der Waals surface area contributed by atoms with Gasteiger partial charge in [0.25, 0.3) is 0 Å². The van der Waals surface area contributed by atoms with Crippen molar-refractivity contribution >= 4 is 0 Å². The molecule has 0 aromatic carbocycles. The van der Waals surface area contributed by atoms with Crippen LogP contribution in [-0.4, -0.2) is 11.4 Å². The molecule has 13 heavy (non-hydrogen) atoms. The minimum absolute atomic E-state index is 0.633. The first-order valence-corrected chi connectivity index (χ1v) is 5.29. The maximum Gasteiger partial charge on any atom is 0.196 e. The van der Waals surface area contributed by atoms with Crippen molar-refractivity contribution in [2.75, 3.05) is 0 Å². The van der Waals surface area contributed by atoms with E-state index in [1.807, 2.05) is 13.0 Å². The number of aliphatic hydroxyl groups excluding tert-OH is 1. The molecule has 0 saturated carbocycles. The quantitative estimate of drug-likeness (QED) is 0.358. The first-order chi connectivity index (χ1) is 6.31. The third kappa shape index (κ3) is 9.41. The molecule has 0 radical (unpaired) electrons. The predicted molar refractivity (Wildman–Crippen MR) is 55.3 cm³/mol. The maximum absolute atomic E-state index is 9.03. The van der Waals surface area contributed by atoms with Crippen molar-refractivity contribution in [2.24, 2.45) is 0 Å². The van der Waals surface area contributed by atoms with Crippen molar-refractivity contribution < 1.29 is 9.84 Å². The molecule has 1 atom stereocenters. The van der Waals surface area contributed by atoms with Crippen molar-refractivity contribution in [2.45, 2.75) is 58.7 Å². The molecule has 78 valence electrons. The van der Waals surface area contributed by atoms with Crippen molar-refractivity contribution in [1.82, 2.24) is 0 Å². The predicted octanol–water partition coefficient (Wildman–Crippen LogP) is 3.22. The van der Waals surface area contributed by atoms with E-state index in [4.69, 9.17) is 9.84 Å². The zero-order valence-corrected chi connectivity index (χ0v) is 8.83. The average molecular weight is 186 g/mol. The van der Waals surface area contributed by atoms with Crippen LogP contribution in [0.2, 0.25) is 0 Å². The number of rotatable bonds is 8. The van der Waals surface area contributed by atoms with Gasteiger partial charge in [-0.25, -0.2) is 0 Å². The van der Waals surface area contributed by atoms with E-state index in [0.717, 1.165) is 6.42 Å². The molecule has 0 saturated heterocycles. The molecule has 0 aromatic rings. The zero-order valence-electron chi connectivity index (χ0n) is 8.83. The van der Waals surface area contributed by atoms with E-state index in [1.54, 1.807) is 6.26 Å². The molecule has 0 aliphatic carbocycles. The third-order valence-corrected chi connectivity index (χ3v) is 1.91. The van der Waals surface area contributed by atoms with Crippen LogP contribution in [0, 0.1) is 0 Å². The summed E-state index contributed by atoms with van der Waals surface area (Å²) >= 11 is 0. The molecule has 1 unspecified atom stereocenters. The normalized spacial score (nSPS) is 13.5. The lowest BCUT2D eigenvalue weighted by Gasteiger charge is -2.05. The highest BCUT2D eigenvalue weighted by Crippen LogP contribution is 2.03. The summed E-state index contributed by atoms with van der Waals surface area (Å²) in [5, 5.41) is 9.03. The van der Waals surface area contributed by atoms with Gasteiger partial charge >= 0.3 is 0 Å². The van der Waals surface area contributed by atoms with Crippen molar-refractivity contribution in [1.29, 1.82) is 0 Å². The lowest BCUT2D eigenvalue weighted by atomic mass is 10.1. The Bertz CT molecular complexity index is 121. The standard InChI is InChI=1S/C11H22O2/c1-3-5-6-7-8-9-10-13-11(12)4-2/h9-12H,3-8H2,1-2H3. The Hall–Kier alpha value is -0.500. The monoisotopic (exact) mass is 186 g/mol. The van der Waals surface area contributed by atoms with Crippen LogP contribution in [0.5, 0.6) is 0 Å². The summed E-state index contributed by atoms with van der Waals surface area (Å²) in [6.07, 6.45) is 9.74. The SMILES string of the molecule is CCCCCCC=COC(O)CC. The Morgan fingerprint density at radius 1 is 1.23 bits per heavy atom. The number of aliphatic hydroxyl groups is 1. The highest BCUT2D eigenvalue weighted by molar-refractivity contribution is 4.73. The van der Waals surface area contributed by atoms with Gasteiger partial charge < -0.3 is 9.84 Å². The van der Waals surface area contributed by atoms with Gasteiger partial charge in [0.05, 0.1) is 6.26 Å². The van der Waals surface area contributed by atoms with Gasteiger partial charge in [0.2, 0.25) is 0 Å². The molecule has 0 heterocycles. The van der Waals surface area contributed by atoms with E-state index in [9.17, 15) is 0 Å². The maximum atomic E-state index is 9.03. The summed E-state index contributed by atoms with van der Waals surface area (Å²) in [6, 6.07) is 0. The van der Waals surface area contributed by atoms with Crippen LogP contribution in [0.25, 0.3) is 0 Å². The second-order valence-corrected chi connectivity index (χ2v) is 3.22. The minimum Gasteiger partial charge on any atom is -0.473 e. The Kier molecular flexibility index (Phi) is 9.22. The smallest absolute Gasteiger partial charge is 0.196 e. The third-order valence-electron chi connectivity index (χ3n) is 1.91. The van der Waals surface area contributed by atoms with E-state index in [-0.39, 0.29) is 0 Å². The first kappa shape index (κ1) is 12.5. The summed E-state index contributed by atoms with van der Waals surface area (Å²) < 4.78 is 4.97. The Morgan fingerprint density at radius 3 is 2.62 bits per heavy atom. The van der Waals surface area contributed by atoms with Gasteiger partial charge in [-0.1, -0.05) is 33.1 Å². The molecule has 0 aliphatic heterocycles. The lowest BCUT2D eigenvalue weighted by Crippen LogP contribution is -2.04. The molecule has 1 N–H and O–H groups in total. The van der Waals surface area contributed by atoms with Crippen LogP contribution >= 0.6 is 0 Å². The first-order valence-electron chi connectivity index (χ1n) is 5.29. The van der Waals surface area contributed by atoms with Gasteiger partial charge in [0.15, 0.2) is 6.29 Å². The lowest BCUT2D eigenvalue weighted by molar-refractivity contribution is -0.0527. The summed E-state index contributed by atoms with van der Waals surface area (Å²) in [4.78, 5) is 0. The molecular weight excluding hydrogens is 164 g/mol. The van der Waals surface area contributed by atoms with Crippen LogP contribution in [-0.2, 0) is 4.74 Å². The fourth-order valence-electron chi connectivity index (χ4n) is 0.999. The molecule has 0 fully saturated rings. The largest absolute Gasteiger partial charge is 0.473 e. The molecule has 2 heteroatoms. The minimum atomic E-state index is -0.633. The molecule has 0 bridgehead atoms. The molecular formula is C11H22O2. The fraction of sp³-hybridized carbons (Fsp3) is 0.818. The number of ether oxygens (including phenoxy) is 1. The summed E-state index contributed by atoms with van der Waals surface area (Å²) in [5.41, 5.74) is 0. The molecule has 2 nitrogen and oxygen atoms in total. The van der Waals surface area contributed by atoms with E-state index in [2.05, 4.69) is 6.92 Å². The van der Waals surface area contributed by atoms with E-state index >= 15 is 0 Å². The fourth-order valence-corrected chi connectivity index (χ4v) is 0.999. The van der Waals surface area contributed by atoms with Gasteiger partial charge in [0, 0.05) is 6.42 Å². The van der Waals surface area contributed by atoms with Gasteiger partial charge in [-0.3, -0.25) is 0 Å². The second-order valence-electron chi connectivity index (χ2n) is 3.22. The highest BCUT2D eigenvalue weighted by Gasteiger charge is 1.94. The average Bonchev–Trinajstić information content (AvgIpc) is 2.16. The number of hydrogen-bond acceptors (Lipinski definition) is 2. The van der Waals surface area contributed by atoms with Crippen molar-refractivity contribution in [3.63, 3.8) is 0 Å². The summed E-state index contributed by atoms with van der Waals surface area (Å²) in [7, 11) is 0. The molecule has 0 amide bonds. The Labute approximate surface area is 81.6 Å². The number of allylic oxidation sites excluding steroid dienone is 1. The van der Waals surface area contributed by atoms with Gasteiger partial charge in [-0.05, 0) is 18.9 Å². The van der Waals surface area contributed by atoms with Crippen LogP contribution in [0.4, 0.5) is 0 Å². The van der Waals surface area contributed by atoms with E-state index < -0.39 is 6.29 Å². The van der Waals surface area contributed by atoms with Crippen LogP contribution < -0.4 is 0 Å². The van der Waals surface area contributed by atoms with Crippen molar-refractivity contribution in [3.8, 4) is 0 Å². The highest BCUT2D eigenvalue weighted by atomic mass is 16.6. The zero-order chi connectivity index (χ0) is 9.94. The molecule has 0 spiro atoms. The number of hydrogen-bond donors (Lipinski definition) is 1. The molecule has 0 rings (SSSR count). The van der Waals surface area contributed by atoms with Gasteiger partial charge in [-0.15, -0.1) is 0 Å².